The van der Waals surface area contributed by atoms with Crippen LogP contribution in [0, 0.1) is 0 Å². The molecule has 24 heavy (non-hydrogen) atoms. The third-order valence-corrected chi connectivity index (χ3v) is 4.51. The predicted octanol–water partition coefficient (Wildman–Crippen LogP) is 4.10. The van der Waals surface area contributed by atoms with Gasteiger partial charge in [0.05, 0.1) is 0 Å². The van der Waals surface area contributed by atoms with E-state index in [4.69, 9.17) is 0 Å². The predicted molar refractivity (Wildman–Crippen MR) is 98.6 cm³/mol. The van der Waals surface area contributed by atoms with Crippen LogP contribution in [0.4, 0.5) is 0 Å². The van der Waals surface area contributed by atoms with Gasteiger partial charge in [-0.2, -0.15) is 0 Å². The molecule has 0 amide bonds. The van der Waals surface area contributed by atoms with Crippen molar-refractivity contribution in [3.63, 3.8) is 0 Å². The van der Waals surface area contributed by atoms with Crippen molar-refractivity contribution in [2.75, 3.05) is 0 Å². The molecule has 2 nitrogen and oxygen atoms in total. The molecule has 0 radical (unpaired) electrons. The Kier molecular flexibility index (Phi) is 5.09. The lowest BCUT2D eigenvalue weighted by Gasteiger charge is -2.36. The van der Waals surface area contributed by atoms with Crippen molar-refractivity contribution in [1.82, 2.24) is 5.32 Å². The van der Waals surface area contributed by atoms with Gasteiger partial charge in [-0.1, -0.05) is 91.0 Å². The van der Waals surface area contributed by atoms with E-state index >= 15 is 0 Å². The standard InChI is InChI=1S/C22H23NO/c1-18(23-17-19-11-5-2-6-12-19)22(24,20-13-7-3-8-14-20)21-15-9-4-10-16-21/h2-16,18,23-24H,17H2,1H3/t18-/m0/s1. The minimum absolute atomic E-state index is 0.150. The maximum atomic E-state index is 11.6. The molecule has 0 aliphatic heterocycles. The second kappa shape index (κ2) is 7.43. The molecule has 0 unspecified atom stereocenters. The van der Waals surface area contributed by atoms with Gasteiger partial charge in [-0.3, -0.25) is 0 Å². The van der Waals surface area contributed by atoms with Crippen molar-refractivity contribution >= 4 is 0 Å². The van der Waals surface area contributed by atoms with Crippen molar-refractivity contribution in [2.24, 2.45) is 0 Å². The minimum atomic E-state index is -1.09. The summed E-state index contributed by atoms with van der Waals surface area (Å²) in [6.07, 6.45) is 0. The number of rotatable bonds is 6. The molecule has 0 aliphatic rings. The summed E-state index contributed by atoms with van der Waals surface area (Å²) in [5.74, 6) is 0. The highest BCUT2D eigenvalue weighted by Crippen LogP contribution is 2.33. The van der Waals surface area contributed by atoms with Crippen LogP contribution in [-0.4, -0.2) is 11.1 Å². The van der Waals surface area contributed by atoms with Crippen LogP contribution in [0.5, 0.6) is 0 Å². The molecule has 2 N–H and O–H groups in total. The molecule has 3 aromatic rings. The molecule has 0 saturated heterocycles. The number of hydrogen-bond donors (Lipinski definition) is 2. The largest absolute Gasteiger partial charge is 0.379 e. The van der Waals surface area contributed by atoms with Crippen LogP contribution < -0.4 is 5.32 Å². The first-order chi connectivity index (χ1) is 11.7. The Labute approximate surface area is 143 Å². The van der Waals surface area contributed by atoms with Crippen LogP contribution in [0.3, 0.4) is 0 Å². The summed E-state index contributed by atoms with van der Waals surface area (Å²) in [4.78, 5) is 0. The Bertz CT molecular complexity index is 701. The summed E-state index contributed by atoms with van der Waals surface area (Å²) in [5.41, 5.74) is 1.90. The molecule has 122 valence electrons. The van der Waals surface area contributed by atoms with Crippen LogP contribution in [-0.2, 0) is 12.1 Å². The van der Waals surface area contributed by atoms with E-state index in [-0.39, 0.29) is 6.04 Å². The quantitative estimate of drug-likeness (QED) is 0.717. The van der Waals surface area contributed by atoms with Gasteiger partial charge in [0.25, 0.3) is 0 Å². The molecule has 0 fully saturated rings. The highest BCUT2D eigenvalue weighted by Gasteiger charge is 2.37. The summed E-state index contributed by atoms with van der Waals surface area (Å²) < 4.78 is 0. The Morgan fingerprint density at radius 1 is 0.750 bits per heavy atom. The Hall–Kier alpha value is -2.42. The lowest BCUT2D eigenvalue weighted by Crippen LogP contribution is -2.47. The van der Waals surface area contributed by atoms with Crippen molar-refractivity contribution in [2.45, 2.75) is 25.1 Å². The van der Waals surface area contributed by atoms with Crippen molar-refractivity contribution in [3.8, 4) is 0 Å². The molecule has 0 bridgehead atoms. The average molecular weight is 317 g/mol. The molecule has 2 heteroatoms. The molecular weight excluding hydrogens is 294 g/mol. The highest BCUT2D eigenvalue weighted by molar-refractivity contribution is 5.38. The smallest absolute Gasteiger partial charge is 0.130 e. The van der Waals surface area contributed by atoms with Crippen LogP contribution in [0.2, 0.25) is 0 Å². The van der Waals surface area contributed by atoms with Gasteiger partial charge in [-0.05, 0) is 23.6 Å². The topological polar surface area (TPSA) is 32.3 Å². The zero-order valence-corrected chi connectivity index (χ0v) is 13.9. The fraction of sp³-hybridized carbons (Fsp3) is 0.182. The summed E-state index contributed by atoms with van der Waals surface area (Å²) in [7, 11) is 0. The minimum Gasteiger partial charge on any atom is -0.379 e. The number of nitrogens with one attached hydrogen (secondary N) is 1. The third-order valence-electron chi connectivity index (χ3n) is 4.51. The van der Waals surface area contributed by atoms with E-state index in [0.717, 1.165) is 11.1 Å². The van der Waals surface area contributed by atoms with Gasteiger partial charge in [0.1, 0.15) is 5.60 Å². The van der Waals surface area contributed by atoms with E-state index in [2.05, 4.69) is 17.4 Å². The van der Waals surface area contributed by atoms with Crippen LogP contribution in [0.15, 0.2) is 91.0 Å². The molecule has 0 aliphatic carbocycles. The fourth-order valence-electron chi connectivity index (χ4n) is 3.07. The molecular formula is C22H23NO. The van der Waals surface area contributed by atoms with Gasteiger partial charge < -0.3 is 10.4 Å². The highest BCUT2D eigenvalue weighted by atomic mass is 16.3. The number of aliphatic hydroxyl groups is 1. The van der Waals surface area contributed by atoms with Gasteiger partial charge in [0.2, 0.25) is 0 Å². The van der Waals surface area contributed by atoms with Crippen LogP contribution in [0.1, 0.15) is 23.6 Å². The van der Waals surface area contributed by atoms with E-state index in [9.17, 15) is 5.11 Å². The molecule has 3 aromatic carbocycles. The fourth-order valence-corrected chi connectivity index (χ4v) is 3.07. The normalized spacial score (nSPS) is 12.8. The summed E-state index contributed by atoms with van der Waals surface area (Å²) in [5, 5.41) is 15.1. The zero-order valence-electron chi connectivity index (χ0n) is 13.9. The first-order valence-corrected chi connectivity index (χ1v) is 8.32. The zero-order chi connectivity index (χ0) is 16.8. The van der Waals surface area contributed by atoms with Crippen molar-refractivity contribution < 1.29 is 5.11 Å². The lowest BCUT2D eigenvalue weighted by molar-refractivity contribution is 0.0431. The van der Waals surface area contributed by atoms with E-state index in [0.29, 0.717) is 6.54 Å². The number of benzene rings is 3. The van der Waals surface area contributed by atoms with Crippen molar-refractivity contribution in [1.29, 1.82) is 0 Å². The van der Waals surface area contributed by atoms with E-state index in [1.807, 2.05) is 85.8 Å². The van der Waals surface area contributed by atoms with Gasteiger partial charge in [0.15, 0.2) is 0 Å². The summed E-state index contributed by atoms with van der Waals surface area (Å²) >= 11 is 0. The Balaban J connectivity index is 1.90. The molecule has 0 aromatic heterocycles. The van der Waals surface area contributed by atoms with Gasteiger partial charge in [-0.15, -0.1) is 0 Å². The molecule has 1 atom stereocenters. The van der Waals surface area contributed by atoms with Gasteiger partial charge in [0, 0.05) is 12.6 Å². The van der Waals surface area contributed by atoms with Gasteiger partial charge in [-0.25, -0.2) is 0 Å². The van der Waals surface area contributed by atoms with E-state index < -0.39 is 5.60 Å². The van der Waals surface area contributed by atoms with E-state index in [1.165, 1.54) is 5.56 Å². The monoisotopic (exact) mass is 317 g/mol. The van der Waals surface area contributed by atoms with Crippen molar-refractivity contribution in [3.05, 3.63) is 108 Å². The van der Waals surface area contributed by atoms with Crippen LogP contribution in [0.25, 0.3) is 0 Å². The Morgan fingerprint density at radius 2 is 1.17 bits per heavy atom. The van der Waals surface area contributed by atoms with Gasteiger partial charge >= 0.3 is 0 Å². The average Bonchev–Trinajstić information content (AvgIpc) is 2.67. The molecule has 0 spiro atoms. The molecule has 3 rings (SSSR count). The van der Waals surface area contributed by atoms with Crippen LogP contribution >= 0.6 is 0 Å². The third kappa shape index (κ3) is 3.40. The Morgan fingerprint density at radius 3 is 1.62 bits per heavy atom. The maximum Gasteiger partial charge on any atom is 0.130 e. The van der Waals surface area contributed by atoms with E-state index in [1.54, 1.807) is 0 Å². The summed E-state index contributed by atoms with van der Waals surface area (Å²) in [6.45, 7) is 2.74. The first-order valence-electron chi connectivity index (χ1n) is 8.32. The maximum absolute atomic E-state index is 11.6. The number of hydrogen-bond acceptors (Lipinski definition) is 2. The molecule has 0 saturated carbocycles. The second-order valence-corrected chi connectivity index (χ2v) is 6.09. The summed E-state index contributed by atoms with van der Waals surface area (Å²) in [6, 6.07) is 29.8. The lowest BCUT2D eigenvalue weighted by atomic mass is 9.80. The second-order valence-electron chi connectivity index (χ2n) is 6.09. The first kappa shape index (κ1) is 16.4. The molecule has 0 heterocycles. The SMILES string of the molecule is C[C@H](NCc1ccccc1)C(O)(c1ccccc1)c1ccccc1.